The maximum absolute atomic E-state index is 6.43. The van der Waals surface area contributed by atoms with Crippen molar-refractivity contribution in [1.82, 2.24) is 15.0 Å². The predicted octanol–water partition coefficient (Wildman–Crippen LogP) is 14.4. The van der Waals surface area contributed by atoms with Gasteiger partial charge in [-0.05, 0) is 76.9 Å². The zero-order valence-corrected chi connectivity index (χ0v) is 31.1. The Morgan fingerprint density at radius 3 is 1.51 bits per heavy atom. The van der Waals surface area contributed by atoms with E-state index in [-0.39, 0.29) is 0 Å². The average molecular weight is 748 g/mol. The van der Waals surface area contributed by atoms with Gasteiger partial charge in [0.25, 0.3) is 0 Å². The molecule has 0 spiro atoms. The molecule has 0 saturated carbocycles. The van der Waals surface area contributed by atoms with Crippen LogP contribution in [0.2, 0.25) is 0 Å². The highest BCUT2D eigenvalue weighted by molar-refractivity contribution is 7.25. The van der Waals surface area contributed by atoms with Crippen molar-refractivity contribution in [3.05, 3.63) is 176 Å². The maximum atomic E-state index is 6.43. The third-order valence-corrected chi connectivity index (χ3v) is 12.1. The van der Waals surface area contributed by atoms with Crippen molar-refractivity contribution in [2.45, 2.75) is 0 Å². The standard InChI is InChI=1S/C51H29N3O2S/c1-2-8-30(9-3-1)33-21-25-44-42(26-33)39-23-20-36(28-46(39)56-44)51-53-49(52-50(54-51)35-19-22-38-37-10-4-6-12-43(37)55-45(38)27-35)32-16-14-31(15-17-32)34-18-24-41-40-11-5-7-13-47(40)57-48(41)29-34/h1-29H. The number of hydrogen-bond acceptors (Lipinski definition) is 6. The third kappa shape index (κ3) is 5.34. The van der Waals surface area contributed by atoms with Gasteiger partial charge in [0.15, 0.2) is 17.5 Å². The Kier molecular flexibility index (Phi) is 7.03. The summed E-state index contributed by atoms with van der Waals surface area (Å²) in [4.78, 5) is 15.3. The van der Waals surface area contributed by atoms with Crippen molar-refractivity contribution in [2.24, 2.45) is 0 Å². The highest BCUT2D eigenvalue weighted by atomic mass is 32.1. The highest BCUT2D eigenvalue weighted by Gasteiger charge is 2.17. The Morgan fingerprint density at radius 2 is 0.754 bits per heavy atom. The Balaban J connectivity index is 0.970. The summed E-state index contributed by atoms with van der Waals surface area (Å²) in [5.41, 5.74) is 10.5. The van der Waals surface area contributed by atoms with Gasteiger partial charge in [-0.15, -0.1) is 11.3 Å². The summed E-state index contributed by atoms with van der Waals surface area (Å²) in [5.74, 6) is 1.71. The summed E-state index contributed by atoms with van der Waals surface area (Å²) in [5, 5.41) is 6.84. The fourth-order valence-corrected chi connectivity index (χ4v) is 9.22. The Bertz CT molecular complexity index is 3530. The number of benzene rings is 8. The van der Waals surface area contributed by atoms with Crippen LogP contribution in [-0.2, 0) is 0 Å². The first kappa shape index (κ1) is 31.9. The Labute approximate surface area is 330 Å². The number of rotatable bonds is 5. The van der Waals surface area contributed by atoms with Crippen LogP contribution in [0.4, 0.5) is 0 Å². The smallest absolute Gasteiger partial charge is 0.164 e. The number of para-hydroxylation sites is 1. The van der Waals surface area contributed by atoms with Crippen molar-refractivity contribution in [3.63, 3.8) is 0 Å². The summed E-state index contributed by atoms with van der Waals surface area (Å²) >= 11 is 1.83. The summed E-state index contributed by atoms with van der Waals surface area (Å²) in [7, 11) is 0. The highest BCUT2D eigenvalue weighted by Crippen LogP contribution is 2.38. The van der Waals surface area contributed by atoms with Crippen molar-refractivity contribution in [1.29, 1.82) is 0 Å². The topological polar surface area (TPSA) is 65.0 Å². The fraction of sp³-hybridized carbons (Fsp3) is 0. The molecule has 0 fully saturated rings. The van der Waals surface area contributed by atoms with E-state index in [0.717, 1.165) is 71.7 Å². The van der Waals surface area contributed by atoms with Crippen LogP contribution in [-0.4, -0.2) is 15.0 Å². The molecular weight excluding hydrogens is 719 g/mol. The predicted molar refractivity (Wildman–Crippen MR) is 234 cm³/mol. The van der Waals surface area contributed by atoms with E-state index < -0.39 is 0 Å². The minimum Gasteiger partial charge on any atom is -0.456 e. The normalized spacial score (nSPS) is 11.9. The van der Waals surface area contributed by atoms with E-state index in [1.54, 1.807) is 0 Å². The van der Waals surface area contributed by atoms with E-state index in [4.69, 9.17) is 23.8 Å². The molecule has 0 unspecified atom stereocenters. The average Bonchev–Trinajstić information content (AvgIpc) is 3.96. The molecule has 0 amide bonds. The number of hydrogen-bond donors (Lipinski definition) is 0. The SMILES string of the molecule is c1ccc(-c2ccc3oc4cc(-c5nc(-c6ccc(-c7ccc8c(c7)sc7ccccc78)cc6)nc(-c6ccc7c(c6)oc6ccccc67)n5)ccc4c3c2)cc1. The molecule has 0 aliphatic rings. The monoisotopic (exact) mass is 747 g/mol. The lowest BCUT2D eigenvalue weighted by Crippen LogP contribution is -2.00. The molecule has 0 aliphatic carbocycles. The molecule has 0 atom stereocenters. The summed E-state index contributed by atoms with van der Waals surface area (Å²) < 4.78 is 15.3. The zero-order chi connectivity index (χ0) is 37.5. The zero-order valence-electron chi connectivity index (χ0n) is 30.3. The molecule has 4 heterocycles. The van der Waals surface area contributed by atoms with Crippen LogP contribution in [0.5, 0.6) is 0 Å². The third-order valence-electron chi connectivity index (χ3n) is 11.0. The lowest BCUT2D eigenvalue weighted by Gasteiger charge is -2.09. The summed E-state index contributed by atoms with van der Waals surface area (Å²) in [6.45, 7) is 0. The molecule has 0 aliphatic heterocycles. The summed E-state index contributed by atoms with van der Waals surface area (Å²) in [6, 6.07) is 61.1. The van der Waals surface area contributed by atoms with Gasteiger partial charge in [0.2, 0.25) is 0 Å². The lowest BCUT2D eigenvalue weighted by molar-refractivity contribution is 0.668. The van der Waals surface area contributed by atoms with E-state index in [0.29, 0.717) is 17.5 Å². The van der Waals surface area contributed by atoms with E-state index in [2.05, 4.69) is 140 Å². The molecule has 0 saturated heterocycles. The molecule has 0 radical (unpaired) electrons. The first-order valence-corrected chi connectivity index (χ1v) is 19.7. The van der Waals surface area contributed by atoms with Crippen molar-refractivity contribution >= 4 is 75.4 Å². The van der Waals surface area contributed by atoms with Crippen molar-refractivity contribution in [2.75, 3.05) is 0 Å². The molecular formula is C51H29N3O2S. The number of aromatic nitrogens is 3. The van der Waals surface area contributed by atoms with Gasteiger partial charge in [0.1, 0.15) is 22.3 Å². The molecule has 4 aromatic heterocycles. The van der Waals surface area contributed by atoms with Crippen LogP contribution in [0.25, 0.3) is 120 Å². The maximum Gasteiger partial charge on any atom is 0.164 e. The molecule has 12 rings (SSSR count). The quantitative estimate of drug-likeness (QED) is 0.175. The lowest BCUT2D eigenvalue weighted by atomic mass is 10.0. The first-order chi connectivity index (χ1) is 28.2. The van der Waals surface area contributed by atoms with Gasteiger partial charge in [-0.25, -0.2) is 15.0 Å². The van der Waals surface area contributed by atoms with E-state index >= 15 is 0 Å². The molecule has 0 N–H and O–H groups in total. The van der Waals surface area contributed by atoms with Gasteiger partial charge in [0, 0.05) is 58.4 Å². The Morgan fingerprint density at radius 1 is 0.281 bits per heavy atom. The number of furan rings is 2. The minimum atomic E-state index is 0.561. The van der Waals surface area contributed by atoms with Crippen LogP contribution in [0, 0.1) is 0 Å². The molecule has 5 nitrogen and oxygen atoms in total. The van der Waals surface area contributed by atoms with E-state index in [9.17, 15) is 0 Å². The van der Waals surface area contributed by atoms with Crippen LogP contribution in [0.15, 0.2) is 185 Å². The second-order valence-electron chi connectivity index (χ2n) is 14.4. The number of fused-ring (bicyclic) bond motifs is 9. The second-order valence-corrected chi connectivity index (χ2v) is 15.5. The van der Waals surface area contributed by atoms with Crippen molar-refractivity contribution in [3.8, 4) is 56.4 Å². The number of nitrogens with zero attached hydrogens (tertiary/aromatic N) is 3. The van der Waals surface area contributed by atoms with Gasteiger partial charge in [-0.1, -0.05) is 121 Å². The first-order valence-electron chi connectivity index (χ1n) is 18.9. The number of thiophene rings is 1. The van der Waals surface area contributed by atoms with Crippen molar-refractivity contribution < 1.29 is 8.83 Å². The molecule has 266 valence electrons. The van der Waals surface area contributed by atoms with Crippen LogP contribution in [0.1, 0.15) is 0 Å². The minimum absolute atomic E-state index is 0.561. The van der Waals surface area contributed by atoms with Gasteiger partial charge in [0.05, 0.1) is 0 Å². The van der Waals surface area contributed by atoms with E-state index in [1.165, 1.54) is 31.3 Å². The van der Waals surface area contributed by atoms with E-state index in [1.807, 2.05) is 47.7 Å². The molecule has 57 heavy (non-hydrogen) atoms. The summed E-state index contributed by atoms with van der Waals surface area (Å²) in [6.07, 6.45) is 0. The van der Waals surface area contributed by atoms with Crippen LogP contribution >= 0.6 is 11.3 Å². The molecule has 0 bridgehead atoms. The molecule has 12 aromatic rings. The fourth-order valence-electron chi connectivity index (χ4n) is 8.07. The Hall–Kier alpha value is -7.41. The van der Waals surface area contributed by atoms with Gasteiger partial charge < -0.3 is 8.83 Å². The van der Waals surface area contributed by atoms with Gasteiger partial charge >= 0.3 is 0 Å². The van der Waals surface area contributed by atoms with Gasteiger partial charge in [-0.3, -0.25) is 0 Å². The second kappa shape index (κ2) is 12.6. The van der Waals surface area contributed by atoms with Crippen LogP contribution in [0.3, 0.4) is 0 Å². The molecule has 6 heteroatoms. The van der Waals surface area contributed by atoms with Crippen LogP contribution < -0.4 is 0 Å². The van der Waals surface area contributed by atoms with Gasteiger partial charge in [-0.2, -0.15) is 0 Å². The largest absolute Gasteiger partial charge is 0.456 e. The molecule has 8 aromatic carbocycles.